The largest absolute Gasteiger partial charge is 0.378 e. The van der Waals surface area contributed by atoms with Crippen LogP contribution in [0, 0.1) is 18.3 Å². The number of rotatable bonds is 3. The first-order valence-corrected chi connectivity index (χ1v) is 7.75. The molecule has 1 heterocycles. The molecule has 0 aliphatic carbocycles. The standard InChI is InChI=1S/C18H16N2S/c1-12-16-8-3-4-9-17(16)21-18(12)13(2)20-15-7-5-6-14(10-15)11-19/h3-10,13,20H,1-2H3. The average Bonchev–Trinajstić information content (AvgIpc) is 2.85. The minimum atomic E-state index is 0.219. The molecule has 2 aromatic carbocycles. The van der Waals surface area contributed by atoms with E-state index in [0.29, 0.717) is 5.56 Å². The molecule has 0 amide bonds. The van der Waals surface area contributed by atoms with Crippen molar-refractivity contribution >= 4 is 27.1 Å². The van der Waals surface area contributed by atoms with Gasteiger partial charge in [-0.1, -0.05) is 24.3 Å². The Morgan fingerprint density at radius 1 is 1.14 bits per heavy atom. The van der Waals surface area contributed by atoms with Crippen molar-refractivity contribution in [1.29, 1.82) is 5.26 Å². The summed E-state index contributed by atoms with van der Waals surface area (Å²) in [5.74, 6) is 0. The molecule has 104 valence electrons. The average molecular weight is 292 g/mol. The van der Waals surface area contributed by atoms with E-state index in [-0.39, 0.29) is 6.04 Å². The topological polar surface area (TPSA) is 35.8 Å². The zero-order chi connectivity index (χ0) is 14.8. The summed E-state index contributed by atoms with van der Waals surface area (Å²) < 4.78 is 1.32. The maximum absolute atomic E-state index is 8.98. The number of benzene rings is 2. The van der Waals surface area contributed by atoms with Gasteiger partial charge in [0.25, 0.3) is 0 Å². The van der Waals surface area contributed by atoms with Crippen LogP contribution in [0.2, 0.25) is 0 Å². The van der Waals surface area contributed by atoms with Gasteiger partial charge in [0.15, 0.2) is 0 Å². The van der Waals surface area contributed by atoms with Gasteiger partial charge in [0.1, 0.15) is 0 Å². The quantitative estimate of drug-likeness (QED) is 0.715. The van der Waals surface area contributed by atoms with Crippen molar-refractivity contribution in [3.8, 4) is 6.07 Å². The lowest BCUT2D eigenvalue weighted by atomic mass is 10.1. The number of nitriles is 1. The van der Waals surface area contributed by atoms with Crippen molar-refractivity contribution in [2.45, 2.75) is 19.9 Å². The van der Waals surface area contributed by atoms with Gasteiger partial charge in [-0.3, -0.25) is 0 Å². The first kappa shape index (κ1) is 13.7. The lowest BCUT2D eigenvalue weighted by Gasteiger charge is -2.15. The van der Waals surface area contributed by atoms with Gasteiger partial charge in [0.05, 0.1) is 17.7 Å². The molecule has 1 atom stereocenters. The Hall–Kier alpha value is -2.31. The first-order chi connectivity index (χ1) is 10.2. The van der Waals surface area contributed by atoms with Gasteiger partial charge in [0, 0.05) is 15.3 Å². The molecule has 2 nitrogen and oxygen atoms in total. The molecule has 21 heavy (non-hydrogen) atoms. The third-order valence-corrected chi connectivity index (χ3v) is 5.10. The van der Waals surface area contributed by atoms with E-state index in [2.05, 4.69) is 49.5 Å². The van der Waals surface area contributed by atoms with Gasteiger partial charge >= 0.3 is 0 Å². The van der Waals surface area contributed by atoms with E-state index >= 15 is 0 Å². The van der Waals surface area contributed by atoms with Crippen molar-refractivity contribution in [2.24, 2.45) is 0 Å². The van der Waals surface area contributed by atoms with Crippen LogP contribution in [0.25, 0.3) is 10.1 Å². The predicted molar refractivity (Wildman–Crippen MR) is 89.8 cm³/mol. The Morgan fingerprint density at radius 2 is 1.95 bits per heavy atom. The van der Waals surface area contributed by atoms with Crippen LogP contribution in [-0.4, -0.2) is 0 Å². The fourth-order valence-corrected chi connectivity index (χ4v) is 3.81. The molecular weight excluding hydrogens is 276 g/mol. The van der Waals surface area contributed by atoms with E-state index < -0.39 is 0 Å². The second-order valence-corrected chi connectivity index (χ2v) is 6.23. The minimum absolute atomic E-state index is 0.219. The molecular formula is C18H16N2S. The van der Waals surface area contributed by atoms with Gasteiger partial charge in [-0.25, -0.2) is 0 Å². The number of nitrogens with zero attached hydrogens (tertiary/aromatic N) is 1. The molecule has 3 rings (SSSR count). The van der Waals surface area contributed by atoms with Crippen LogP contribution < -0.4 is 5.32 Å². The molecule has 1 N–H and O–H groups in total. The Kier molecular flexibility index (Phi) is 3.64. The smallest absolute Gasteiger partial charge is 0.0992 e. The molecule has 0 saturated carbocycles. The van der Waals surface area contributed by atoms with Crippen LogP contribution in [-0.2, 0) is 0 Å². The summed E-state index contributed by atoms with van der Waals surface area (Å²) in [5, 5.41) is 13.8. The van der Waals surface area contributed by atoms with Crippen LogP contribution >= 0.6 is 11.3 Å². The Bertz CT molecular complexity index is 827. The SMILES string of the molecule is Cc1c(C(C)Nc2cccc(C#N)c2)sc2ccccc12. The van der Waals surface area contributed by atoms with Crippen molar-refractivity contribution in [1.82, 2.24) is 0 Å². The molecule has 3 heteroatoms. The Balaban J connectivity index is 1.91. The van der Waals surface area contributed by atoms with Crippen molar-refractivity contribution in [3.05, 3.63) is 64.5 Å². The summed E-state index contributed by atoms with van der Waals surface area (Å²) in [6, 6.07) is 18.5. The molecule has 0 spiro atoms. The van der Waals surface area contributed by atoms with Crippen LogP contribution in [0.3, 0.4) is 0 Å². The highest BCUT2D eigenvalue weighted by Gasteiger charge is 2.14. The summed E-state index contributed by atoms with van der Waals surface area (Å²) >= 11 is 1.83. The normalized spacial score (nSPS) is 12.0. The van der Waals surface area contributed by atoms with E-state index in [9.17, 15) is 0 Å². The molecule has 0 saturated heterocycles. The molecule has 0 fully saturated rings. The lowest BCUT2D eigenvalue weighted by Crippen LogP contribution is -2.06. The van der Waals surface area contributed by atoms with E-state index in [0.717, 1.165) is 5.69 Å². The highest BCUT2D eigenvalue weighted by molar-refractivity contribution is 7.19. The summed E-state index contributed by atoms with van der Waals surface area (Å²) in [4.78, 5) is 1.35. The van der Waals surface area contributed by atoms with E-state index in [1.165, 1.54) is 20.5 Å². The van der Waals surface area contributed by atoms with Crippen LogP contribution in [0.5, 0.6) is 0 Å². The second-order valence-electron chi connectivity index (χ2n) is 5.15. The molecule has 0 bridgehead atoms. The number of hydrogen-bond acceptors (Lipinski definition) is 3. The monoisotopic (exact) mass is 292 g/mol. The molecule has 0 radical (unpaired) electrons. The van der Waals surface area contributed by atoms with Crippen molar-refractivity contribution in [3.63, 3.8) is 0 Å². The van der Waals surface area contributed by atoms with Crippen molar-refractivity contribution in [2.75, 3.05) is 5.32 Å². The molecule has 0 aliphatic rings. The molecule has 1 unspecified atom stereocenters. The summed E-state index contributed by atoms with van der Waals surface area (Å²) in [6.07, 6.45) is 0. The van der Waals surface area contributed by atoms with Crippen LogP contribution in [0.1, 0.15) is 29.0 Å². The summed E-state index contributed by atoms with van der Waals surface area (Å²) in [6.45, 7) is 4.34. The number of thiophene rings is 1. The fourth-order valence-electron chi connectivity index (χ4n) is 2.60. The van der Waals surface area contributed by atoms with Gasteiger partial charge in [-0.2, -0.15) is 5.26 Å². The second kappa shape index (κ2) is 5.59. The zero-order valence-electron chi connectivity index (χ0n) is 12.1. The number of aryl methyl sites for hydroxylation is 1. The predicted octanol–water partition coefficient (Wildman–Crippen LogP) is 5.25. The molecule has 0 aliphatic heterocycles. The van der Waals surface area contributed by atoms with E-state index in [4.69, 9.17) is 5.26 Å². The molecule has 3 aromatic rings. The van der Waals surface area contributed by atoms with Gasteiger partial charge in [0.2, 0.25) is 0 Å². The number of fused-ring (bicyclic) bond motifs is 1. The maximum atomic E-state index is 8.98. The van der Waals surface area contributed by atoms with Crippen LogP contribution in [0.4, 0.5) is 5.69 Å². The van der Waals surface area contributed by atoms with Crippen molar-refractivity contribution < 1.29 is 0 Å². The van der Waals surface area contributed by atoms with Gasteiger partial charge in [-0.15, -0.1) is 11.3 Å². The zero-order valence-corrected chi connectivity index (χ0v) is 12.9. The maximum Gasteiger partial charge on any atom is 0.0992 e. The summed E-state index contributed by atoms with van der Waals surface area (Å²) in [7, 11) is 0. The Morgan fingerprint density at radius 3 is 2.71 bits per heavy atom. The lowest BCUT2D eigenvalue weighted by molar-refractivity contribution is 0.900. The minimum Gasteiger partial charge on any atom is -0.378 e. The number of nitrogens with one attached hydrogen (secondary N) is 1. The fraction of sp³-hybridized carbons (Fsp3) is 0.167. The number of hydrogen-bond donors (Lipinski definition) is 1. The number of anilines is 1. The van der Waals surface area contributed by atoms with Crippen LogP contribution in [0.15, 0.2) is 48.5 Å². The van der Waals surface area contributed by atoms with Gasteiger partial charge in [-0.05, 0) is 49.1 Å². The van der Waals surface area contributed by atoms with E-state index in [1.54, 1.807) is 0 Å². The third-order valence-electron chi connectivity index (χ3n) is 3.65. The van der Waals surface area contributed by atoms with E-state index in [1.807, 2.05) is 35.6 Å². The summed E-state index contributed by atoms with van der Waals surface area (Å²) in [5.41, 5.74) is 3.01. The first-order valence-electron chi connectivity index (χ1n) is 6.94. The molecule has 1 aromatic heterocycles. The van der Waals surface area contributed by atoms with Gasteiger partial charge < -0.3 is 5.32 Å². The highest BCUT2D eigenvalue weighted by atomic mass is 32.1. The Labute approximate surface area is 128 Å². The highest BCUT2D eigenvalue weighted by Crippen LogP contribution is 2.35. The third kappa shape index (κ3) is 2.63.